The molecular weight excluding hydrogens is 340 g/mol. The van der Waals surface area contributed by atoms with Crippen molar-refractivity contribution in [3.63, 3.8) is 0 Å². The maximum atomic E-state index is 13.2. The third-order valence-corrected chi connectivity index (χ3v) is 6.35. The van der Waals surface area contributed by atoms with Gasteiger partial charge < -0.3 is 14.4 Å². The number of carbonyl (C=O) groups excluding carboxylic acids is 1. The van der Waals surface area contributed by atoms with Gasteiger partial charge in [-0.05, 0) is 36.3 Å². The molecule has 2 aliphatic heterocycles. The highest BCUT2D eigenvalue weighted by Crippen LogP contribution is 2.48. The second-order valence-corrected chi connectivity index (χ2v) is 8.33. The third kappa shape index (κ3) is 3.65. The number of ether oxygens (including phenoxy) is 2. The zero-order valence-electron chi connectivity index (χ0n) is 16.7. The van der Waals surface area contributed by atoms with Crippen molar-refractivity contribution < 1.29 is 14.3 Å². The van der Waals surface area contributed by atoms with Crippen LogP contribution in [0.4, 0.5) is 0 Å². The van der Waals surface area contributed by atoms with Crippen LogP contribution in [0.1, 0.15) is 43.7 Å². The van der Waals surface area contributed by atoms with Gasteiger partial charge in [0.2, 0.25) is 0 Å². The molecule has 27 heavy (non-hydrogen) atoms. The molecule has 1 saturated carbocycles. The molecule has 1 aromatic rings. The summed E-state index contributed by atoms with van der Waals surface area (Å²) in [6, 6.07) is 8.73. The summed E-state index contributed by atoms with van der Waals surface area (Å²) in [7, 11) is 1.68. The Balaban J connectivity index is 1.53. The van der Waals surface area contributed by atoms with Crippen LogP contribution in [0.2, 0.25) is 0 Å². The number of methoxy groups -OCH3 is 1. The lowest BCUT2D eigenvalue weighted by Gasteiger charge is -2.35. The summed E-state index contributed by atoms with van der Waals surface area (Å²) in [5.41, 5.74) is 2.65. The maximum absolute atomic E-state index is 13.2. The molecule has 0 unspecified atom stereocenters. The van der Waals surface area contributed by atoms with Gasteiger partial charge in [-0.1, -0.05) is 31.2 Å². The van der Waals surface area contributed by atoms with Gasteiger partial charge in [-0.3, -0.25) is 9.69 Å². The van der Waals surface area contributed by atoms with Crippen LogP contribution in [-0.2, 0) is 26.4 Å². The van der Waals surface area contributed by atoms with E-state index in [1.807, 2.05) is 4.90 Å². The molecule has 2 atom stereocenters. The number of carbonyl (C=O) groups is 1. The van der Waals surface area contributed by atoms with Crippen LogP contribution in [0.25, 0.3) is 0 Å². The number of amides is 1. The molecule has 2 fully saturated rings. The molecule has 1 aliphatic carbocycles. The summed E-state index contributed by atoms with van der Waals surface area (Å²) >= 11 is 0. The van der Waals surface area contributed by atoms with Crippen LogP contribution in [0.3, 0.4) is 0 Å². The number of hydrogen-bond donors (Lipinski definition) is 0. The monoisotopic (exact) mass is 372 g/mol. The first kappa shape index (κ1) is 18.9. The topological polar surface area (TPSA) is 42.0 Å². The van der Waals surface area contributed by atoms with Crippen molar-refractivity contribution in [1.82, 2.24) is 9.80 Å². The zero-order chi connectivity index (χ0) is 18.9. The van der Waals surface area contributed by atoms with Gasteiger partial charge in [0, 0.05) is 39.7 Å². The van der Waals surface area contributed by atoms with Crippen LogP contribution < -0.4 is 0 Å². The Bertz CT molecular complexity index is 675. The van der Waals surface area contributed by atoms with E-state index in [-0.39, 0.29) is 17.6 Å². The SMILES string of the molecule is CCCN(CCOC)C(=O)[C@@H]1C[C@@]2(CO1)c1ccccc1CN2CC1CC1. The van der Waals surface area contributed by atoms with E-state index in [1.54, 1.807) is 7.11 Å². The van der Waals surface area contributed by atoms with Crippen molar-refractivity contribution >= 4 is 5.91 Å². The first-order valence-corrected chi connectivity index (χ1v) is 10.4. The molecule has 3 aliphatic rings. The van der Waals surface area contributed by atoms with Crippen LogP contribution >= 0.6 is 0 Å². The summed E-state index contributed by atoms with van der Waals surface area (Å²) in [5.74, 6) is 0.950. The molecule has 5 heteroatoms. The number of benzene rings is 1. The highest BCUT2D eigenvalue weighted by molar-refractivity contribution is 5.81. The standard InChI is InChI=1S/C22H32N2O3/c1-3-10-23(11-12-26-2)21(25)20-13-22(16-27-20)19-7-5-4-6-18(19)15-24(22)14-17-8-9-17/h4-7,17,20H,3,8-16H2,1-2H3/t20-,22+/m0/s1. The predicted molar refractivity (Wildman–Crippen MR) is 104 cm³/mol. The van der Waals surface area contributed by atoms with Gasteiger partial charge in [-0.2, -0.15) is 0 Å². The quantitative estimate of drug-likeness (QED) is 0.704. The highest BCUT2D eigenvalue weighted by atomic mass is 16.5. The second kappa shape index (κ2) is 7.90. The molecule has 0 aromatic heterocycles. The Morgan fingerprint density at radius 3 is 2.89 bits per heavy atom. The van der Waals surface area contributed by atoms with E-state index >= 15 is 0 Å². The van der Waals surface area contributed by atoms with Crippen LogP contribution in [0.15, 0.2) is 24.3 Å². The minimum atomic E-state index is -0.346. The van der Waals surface area contributed by atoms with Crippen LogP contribution in [-0.4, -0.2) is 61.8 Å². The summed E-state index contributed by atoms with van der Waals surface area (Å²) in [4.78, 5) is 17.7. The second-order valence-electron chi connectivity index (χ2n) is 8.33. The molecular formula is C22H32N2O3. The zero-order valence-corrected chi connectivity index (χ0v) is 16.7. The van der Waals surface area contributed by atoms with E-state index in [0.717, 1.165) is 38.4 Å². The average molecular weight is 373 g/mol. The third-order valence-electron chi connectivity index (χ3n) is 6.35. The van der Waals surface area contributed by atoms with E-state index in [9.17, 15) is 4.79 Å². The minimum absolute atomic E-state index is 0.126. The molecule has 4 rings (SSSR count). The van der Waals surface area contributed by atoms with Crippen LogP contribution in [0, 0.1) is 5.92 Å². The number of fused-ring (bicyclic) bond motifs is 2. The number of hydrogen-bond acceptors (Lipinski definition) is 4. The predicted octanol–water partition coefficient (Wildman–Crippen LogP) is 2.78. The summed E-state index contributed by atoms with van der Waals surface area (Å²) in [6.45, 7) is 6.81. The Morgan fingerprint density at radius 2 is 2.15 bits per heavy atom. The normalized spacial score (nSPS) is 27.3. The fourth-order valence-corrected chi connectivity index (χ4v) is 4.73. The Kier molecular flexibility index (Phi) is 5.53. The van der Waals surface area contributed by atoms with Gasteiger partial charge in [0.1, 0.15) is 6.10 Å². The fraction of sp³-hybridized carbons (Fsp3) is 0.682. The van der Waals surface area contributed by atoms with Gasteiger partial charge in [-0.15, -0.1) is 0 Å². The lowest BCUT2D eigenvalue weighted by Crippen LogP contribution is -2.45. The summed E-state index contributed by atoms with van der Waals surface area (Å²) in [5, 5.41) is 0. The van der Waals surface area contributed by atoms with E-state index < -0.39 is 0 Å². The Labute approximate surface area is 162 Å². The molecule has 1 aromatic carbocycles. The molecule has 2 heterocycles. The minimum Gasteiger partial charge on any atom is -0.383 e. The summed E-state index contributed by atoms with van der Waals surface area (Å²) < 4.78 is 11.4. The number of rotatable bonds is 8. The van der Waals surface area contributed by atoms with Crippen molar-refractivity contribution in [2.75, 3.05) is 40.0 Å². The van der Waals surface area contributed by atoms with E-state index in [1.165, 1.54) is 24.0 Å². The molecule has 1 saturated heterocycles. The molecule has 0 radical (unpaired) electrons. The van der Waals surface area contributed by atoms with Gasteiger partial charge in [0.05, 0.1) is 18.8 Å². The maximum Gasteiger partial charge on any atom is 0.251 e. The van der Waals surface area contributed by atoms with Crippen LogP contribution in [0.5, 0.6) is 0 Å². The van der Waals surface area contributed by atoms with Gasteiger partial charge in [-0.25, -0.2) is 0 Å². The van der Waals surface area contributed by atoms with E-state index in [2.05, 4.69) is 36.1 Å². The average Bonchev–Trinajstić information content (AvgIpc) is 3.31. The largest absolute Gasteiger partial charge is 0.383 e. The molecule has 0 bridgehead atoms. The molecule has 1 spiro atoms. The van der Waals surface area contributed by atoms with Gasteiger partial charge in [0.25, 0.3) is 5.91 Å². The van der Waals surface area contributed by atoms with Crippen molar-refractivity contribution in [3.05, 3.63) is 35.4 Å². The first-order valence-electron chi connectivity index (χ1n) is 10.4. The van der Waals surface area contributed by atoms with Gasteiger partial charge in [0.15, 0.2) is 0 Å². The first-order chi connectivity index (χ1) is 13.2. The molecule has 148 valence electrons. The molecule has 5 nitrogen and oxygen atoms in total. The highest BCUT2D eigenvalue weighted by Gasteiger charge is 2.53. The van der Waals surface area contributed by atoms with Crippen molar-refractivity contribution in [2.24, 2.45) is 5.92 Å². The summed E-state index contributed by atoms with van der Waals surface area (Å²) in [6.07, 6.45) is 4.05. The van der Waals surface area contributed by atoms with Crippen molar-refractivity contribution in [2.45, 2.75) is 50.8 Å². The Hall–Kier alpha value is -1.43. The Morgan fingerprint density at radius 1 is 1.33 bits per heavy atom. The lowest BCUT2D eigenvalue weighted by atomic mass is 9.86. The van der Waals surface area contributed by atoms with Crippen molar-refractivity contribution in [1.29, 1.82) is 0 Å². The lowest BCUT2D eigenvalue weighted by molar-refractivity contribution is -0.141. The fourth-order valence-electron chi connectivity index (χ4n) is 4.73. The number of nitrogens with zero attached hydrogens (tertiary/aromatic N) is 2. The molecule has 1 amide bonds. The van der Waals surface area contributed by atoms with E-state index in [0.29, 0.717) is 19.8 Å². The van der Waals surface area contributed by atoms with Gasteiger partial charge >= 0.3 is 0 Å². The van der Waals surface area contributed by atoms with E-state index in [4.69, 9.17) is 9.47 Å². The smallest absolute Gasteiger partial charge is 0.251 e. The van der Waals surface area contributed by atoms with Crippen molar-refractivity contribution in [3.8, 4) is 0 Å². The molecule has 0 N–H and O–H groups in total.